The van der Waals surface area contributed by atoms with Crippen LogP contribution in [0.15, 0.2) is 45.0 Å². The number of carbonyl (C=O) groups excluding carboxylic acids is 2. The third-order valence-corrected chi connectivity index (χ3v) is 5.97. The van der Waals surface area contributed by atoms with Gasteiger partial charge in [-0.3, -0.25) is 9.69 Å². The lowest BCUT2D eigenvalue weighted by Crippen LogP contribution is -2.40. The third-order valence-electron chi connectivity index (χ3n) is 4.20. The van der Waals surface area contributed by atoms with Gasteiger partial charge in [0.2, 0.25) is 5.91 Å². The molecule has 2 atom stereocenters. The number of hydrogen-bond donors (Lipinski definition) is 0. The largest absolute Gasteiger partial charge is 0.460 e. The summed E-state index contributed by atoms with van der Waals surface area (Å²) < 4.78 is 11.1. The van der Waals surface area contributed by atoms with E-state index in [9.17, 15) is 9.59 Å². The van der Waals surface area contributed by atoms with Crippen molar-refractivity contribution >= 4 is 44.7 Å². The summed E-state index contributed by atoms with van der Waals surface area (Å²) in [4.78, 5) is 31.7. The minimum absolute atomic E-state index is 0.0656. The average molecular weight is 439 g/mol. The molecular weight excluding hydrogens is 420 g/mol. The molecule has 0 bridgehead atoms. The summed E-state index contributed by atoms with van der Waals surface area (Å²) in [7, 11) is 1.54. The van der Waals surface area contributed by atoms with E-state index in [1.165, 1.54) is 11.8 Å². The molecule has 2 unspecified atom stereocenters. The van der Waals surface area contributed by atoms with Gasteiger partial charge < -0.3 is 9.47 Å². The van der Waals surface area contributed by atoms with Gasteiger partial charge in [0, 0.05) is 11.6 Å². The maximum Gasteiger partial charge on any atom is 0.338 e. The first kappa shape index (κ1) is 19.1. The lowest BCUT2D eigenvalue weighted by molar-refractivity contribution is -0.141. The predicted molar refractivity (Wildman–Crippen MR) is 104 cm³/mol. The van der Waals surface area contributed by atoms with Crippen LogP contribution in [0.25, 0.3) is 0 Å². The molecule has 0 spiro atoms. The van der Waals surface area contributed by atoms with Crippen LogP contribution in [0, 0.1) is 0 Å². The lowest BCUT2D eigenvalue weighted by Gasteiger charge is -2.33. The molecular formula is C18H19BrN2O4S. The topological polar surface area (TPSA) is 68.2 Å². The molecule has 1 aromatic carbocycles. The predicted octanol–water partition coefficient (Wildman–Crippen LogP) is 3.29. The van der Waals surface area contributed by atoms with Crippen LogP contribution in [0.1, 0.15) is 25.5 Å². The summed E-state index contributed by atoms with van der Waals surface area (Å²) in [5.74, 6) is -0.551. The SMILES string of the molecule is COCCOC(=O)C1=C(C)N=C2SC(C)C(=O)N2C1c1ccccc1Br. The van der Waals surface area contributed by atoms with Crippen LogP contribution >= 0.6 is 27.7 Å². The number of rotatable bonds is 5. The van der Waals surface area contributed by atoms with E-state index in [0.29, 0.717) is 23.0 Å². The van der Waals surface area contributed by atoms with Gasteiger partial charge in [0.05, 0.1) is 29.2 Å². The Morgan fingerprint density at radius 3 is 2.77 bits per heavy atom. The van der Waals surface area contributed by atoms with Gasteiger partial charge in [-0.1, -0.05) is 45.9 Å². The Kier molecular flexibility index (Phi) is 5.84. The minimum atomic E-state index is -0.571. The molecule has 138 valence electrons. The number of halogens is 1. The van der Waals surface area contributed by atoms with Crippen LogP contribution in [0.3, 0.4) is 0 Å². The quantitative estimate of drug-likeness (QED) is 0.521. The van der Waals surface area contributed by atoms with E-state index in [1.54, 1.807) is 18.9 Å². The fourth-order valence-electron chi connectivity index (χ4n) is 2.95. The fourth-order valence-corrected chi connectivity index (χ4v) is 4.48. The molecule has 0 aromatic heterocycles. The Bertz CT molecular complexity index is 808. The molecule has 1 aromatic rings. The number of benzene rings is 1. The summed E-state index contributed by atoms with van der Waals surface area (Å²) in [6, 6.07) is 6.99. The van der Waals surface area contributed by atoms with Gasteiger partial charge in [0.25, 0.3) is 0 Å². The highest BCUT2D eigenvalue weighted by atomic mass is 79.9. The second kappa shape index (κ2) is 7.94. The standard InChI is InChI=1S/C18H19BrN2O4S/c1-10-14(17(23)25-9-8-24-3)15(12-6-4-5-7-13(12)19)21-16(22)11(2)26-18(21)20-10/h4-7,11,15H,8-9H2,1-3H3. The lowest BCUT2D eigenvalue weighted by atomic mass is 9.94. The van der Waals surface area contributed by atoms with Gasteiger partial charge >= 0.3 is 5.97 Å². The maximum absolute atomic E-state index is 12.8. The molecule has 0 N–H and O–H groups in total. The second-order valence-corrected chi connectivity index (χ2v) is 8.08. The number of amides is 1. The highest BCUT2D eigenvalue weighted by molar-refractivity contribution is 9.10. The fraction of sp³-hybridized carbons (Fsp3) is 0.389. The van der Waals surface area contributed by atoms with Gasteiger partial charge in [0.15, 0.2) is 5.17 Å². The summed E-state index contributed by atoms with van der Waals surface area (Å²) in [6.07, 6.45) is 0. The second-order valence-electron chi connectivity index (χ2n) is 5.91. The number of nitrogens with zero attached hydrogens (tertiary/aromatic N) is 2. The van der Waals surface area contributed by atoms with E-state index in [4.69, 9.17) is 9.47 Å². The normalized spacial score (nSPS) is 22.4. The smallest absolute Gasteiger partial charge is 0.338 e. The molecule has 6 nitrogen and oxygen atoms in total. The zero-order valence-electron chi connectivity index (χ0n) is 14.7. The molecule has 0 saturated carbocycles. The van der Waals surface area contributed by atoms with Crippen molar-refractivity contribution in [1.82, 2.24) is 4.90 Å². The number of amidine groups is 1. The molecule has 2 aliphatic rings. The molecule has 1 fully saturated rings. The summed E-state index contributed by atoms with van der Waals surface area (Å²) >= 11 is 4.95. The number of fused-ring (bicyclic) bond motifs is 1. The van der Waals surface area contributed by atoms with Crippen molar-refractivity contribution in [2.24, 2.45) is 4.99 Å². The highest BCUT2D eigenvalue weighted by Crippen LogP contribution is 2.44. The van der Waals surface area contributed by atoms with Gasteiger partial charge in [-0.05, 0) is 25.5 Å². The molecule has 2 heterocycles. The minimum Gasteiger partial charge on any atom is -0.460 e. The summed E-state index contributed by atoms with van der Waals surface area (Å²) in [5.41, 5.74) is 1.76. The zero-order valence-corrected chi connectivity index (χ0v) is 17.1. The van der Waals surface area contributed by atoms with Gasteiger partial charge in [-0.15, -0.1) is 0 Å². The van der Waals surface area contributed by atoms with Crippen molar-refractivity contribution in [2.45, 2.75) is 25.1 Å². The third kappa shape index (κ3) is 3.45. The molecule has 2 aliphatic heterocycles. The Labute approximate surface area is 164 Å². The van der Waals surface area contributed by atoms with Gasteiger partial charge in [-0.2, -0.15) is 0 Å². The zero-order chi connectivity index (χ0) is 18.8. The number of thioether (sulfide) groups is 1. The van der Waals surface area contributed by atoms with Crippen molar-refractivity contribution < 1.29 is 19.1 Å². The molecule has 0 aliphatic carbocycles. The van der Waals surface area contributed by atoms with Gasteiger partial charge in [-0.25, -0.2) is 9.79 Å². The molecule has 0 radical (unpaired) electrons. The number of carbonyl (C=O) groups is 2. The Hall–Kier alpha value is -1.64. The Morgan fingerprint density at radius 1 is 1.35 bits per heavy atom. The van der Waals surface area contributed by atoms with Crippen LogP contribution in [-0.4, -0.2) is 47.5 Å². The van der Waals surface area contributed by atoms with E-state index in [0.717, 1.165) is 10.0 Å². The van der Waals surface area contributed by atoms with Crippen molar-refractivity contribution in [3.8, 4) is 0 Å². The highest BCUT2D eigenvalue weighted by Gasteiger charge is 2.46. The van der Waals surface area contributed by atoms with Crippen LogP contribution in [-0.2, 0) is 19.1 Å². The van der Waals surface area contributed by atoms with E-state index in [2.05, 4.69) is 20.9 Å². The van der Waals surface area contributed by atoms with Gasteiger partial charge in [0.1, 0.15) is 6.61 Å². The van der Waals surface area contributed by atoms with Crippen LogP contribution in [0.2, 0.25) is 0 Å². The number of hydrogen-bond acceptors (Lipinski definition) is 6. The van der Waals surface area contributed by atoms with Crippen molar-refractivity contribution in [3.05, 3.63) is 45.6 Å². The van der Waals surface area contributed by atoms with Crippen molar-refractivity contribution in [3.63, 3.8) is 0 Å². The van der Waals surface area contributed by atoms with Crippen LogP contribution in [0.4, 0.5) is 0 Å². The Balaban J connectivity index is 2.07. The maximum atomic E-state index is 12.8. The first-order chi connectivity index (χ1) is 12.5. The summed E-state index contributed by atoms with van der Waals surface area (Å²) in [5, 5.41) is 0.379. The average Bonchev–Trinajstić information content (AvgIpc) is 2.88. The molecule has 8 heteroatoms. The molecule has 1 amide bonds. The van der Waals surface area contributed by atoms with E-state index in [-0.39, 0.29) is 17.8 Å². The van der Waals surface area contributed by atoms with E-state index >= 15 is 0 Å². The number of methoxy groups -OCH3 is 1. The molecule has 26 heavy (non-hydrogen) atoms. The van der Waals surface area contributed by atoms with Crippen LogP contribution in [0.5, 0.6) is 0 Å². The number of ether oxygens (including phenoxy) is 2. The number of allylic oxidation sites excluding steroid dienone is 1. The van der Waals surface area contributed by atoms with Crippen LogP contribution < -0.4 is 0 Å². The van der Waals surface area contributed by atoms with E-state index in [1.807, 2.05) is 31.2 Å². The number of esters is 1. The first-order valence-electron chi connectivity index (χ1n) is 8.15. The molecule has 3 rings (SSSR count). The first-order valence-corrected chi connectivity index (χ1v) is 9.82. The summed E-state index contributed by atoms with van der Waals surface area (Å²) in [6.45, 7) is 4.07. The van der Waals surface area contributed by atoms with E-state index < -0.39 is 12.0 Å². The Morgan fingerprint density at radius 2 is 2.08 bits per heavy atom. The van der Waals surface area contributed by atoms with Crippen molar-refractivity contribution in [1.29, 1.82) is 0 Å². The van der Waals surface area contributed by atoms with Crippen molar-refractivity contribution in [2.75, 3.05) is 20.3 Å². The molecule has 1 saturated heterocycles. The monoisotopic (exact) mass is 438 g/mol. The number of aliphatic imine (C=N–C) groups is 1.